The number of imidazole rings is 2. The molecular formula is C34H48N10O2+2. The molecule has 0 aliphatic carbocycles. The van der Waals surface area contributed by atoms with Gasteiger partial charge in [0.2, 0.25) is 0 Å². The third kappa shape index (κ3) is 7.21. The number of anilines is 2. The molecule has 12 nitrogen and oxygen atoms in total. The number of hydrogen-bond acceptors (Lipinski definition) is 8. The van der Waals surface area contributed by atoms with Gasteiger partial charge in [0.15, 0.2) is 0 Å². The van der Waals surface area contributed by atoms with Gasteiger partial charge < -0.3 is 19.3 Å². The van der Waals surface area contributed by atoms with Crippen molar-refractivity contribution < 1.29 is 18.6 Å². The Bertz CT molecular complexity index is 1480. The van der Waals surface area contributed by atoms with Gasteiger partial charge in [0.05, 0.1) is 65.2 Å². The van der Waals surface area contributed by atoms with Crippen LogP contribution < -0.4 is 28.4 Å². The van der Waals surface area contributed by atoms with E-state index in [4.69, 9.17) is 9.47 Å². The van der Waals surface area contributed by atoms with Crippen molar-refractivity contribution in [3.8, 4) is 11.5 Å². The fourth-order valence-electron chi connectivity index (χ4n) is 5.87. The number of benzene rings is 2. The minimum Gasteiger partial charge on any atom is -0.494 e. The van der Waals surface area contributed by atoms with Crippen LogP contribution in [-0.2, 0) is 26.2 Å². The monoisotopic (exact) mass is 628 g/mol. The van der Waals surface area contributed by atoms with Crippen molar-refractivity contribution in [2.24, 2.45) is 20.5 Å². The first-order chi connectivity index (χ1) is 22.5. The van der Waals surface area contributed by atoms with Gasteiger partial charge in [0.1, 0.15) is 22.9 Å². The lowest BCUT2D eigenvalue weighted by atomic mass is 10.1. The largest absolute Gasteiger partial charge is 0.494 e. The van der Waals surface area contributed by atoms with E-state index in [0.717, 1.165) is 111 Å². The standard InChI is InChI=1S/C34H48N10O2/c1-7-39-21-22-40(8-2)33(39)37-35-29-15-13-27(25-31(29)45-5)43-17-11-19-44(20-12-18-43)28-14-16-30(32(26-28)46-6)36-38-34-41(9-3)23-24-42(34)10-4/h13-16,21-26H,7-12,17-20H2,1-6H3/q+2. The number of rotatable bonds is 12. The van der Waals surface area contributed by atoms with Gasteiger partial charge in [-0.05, 0) is 64.8 Å². The summed E-state index contributed by atoms with van der Waals surface area (Å²) in [5, 5.41) is 18.3. The number of hydrogen-bond donors (Lipinski definition) is 0. The topological polar surface area (TPSA) is 92.0 Å². The lowest BCUT2D eigenvalue weighted by Gasteiger charge is -2.33. The Morgan fingerprint density at radius 3 is 1.37 bits per heavy atom. The van der Waals surface area contributed by atoms with Gasteiger partial charge in [-0.3, -0.25) is 0 Å². The number of azo groups is 2. The summed E-state index contributed by atoms with van der Waals surface area (Å²) < 4.78 is 19.8. The Hall–Kier alpha value is -4.74. The Labute approximate surface area is 272 Å². The van der Waals surface area contributed by atoms with Crippen LogP contribution in [-0.4, -0.2) is 49.5 Å². The maximum atomic E-state index is 5.75. The Morgan fingerprint density at radius 1 is 0.609 bits per heavy atom. The SMILES string of the molecule is CCn1cc[n+](CC)c1/N=N/c1ccc(N2CCCN(c3ccc(/N=N/c4n(CC)cc[n+]4CC)c(OC)c3)CCC2)cc1OC. The van der Waals surface area contributed by atoms with Crippen LogP contribution >= 0.6 is 0 Å². The zero-order valence-corrected chi connectivity index (χ0v) is 28.1. The highest BCUT2D eigenvalue weighted by atomic mass is 16.5. The quantitative estimate of drug-likeness (QED) is 0.126. The lowest BCUT2D eigenvalue weighted by Crippen LogP contribution is -2.36. The van der Waals surface area contributed by atoms with Gasteiger partial charge in [-0.1, -0.05) is 10.2 Å². The highest BCUT2D eigenvalue weighted by Gasteiger charge is 2.20. The molecule has 4 aromatic rings. The number of aromatic nitrogens is 4. The smallest absolute Gasteiger partial charge is 0.421 e. The summed E-state index contributed by atoms with van der Waals surface area (Å²) in [7, 11) is 3.38. The van der Waals surface area contributed by atoms with Crippen LogP contribution in [0.25, 0.3) is 0 Å². The molecule has 2 aromatic heterocycles. The predicted molar refractivity (Wildman–Crippen MR) is 180 cm³/mol. The number of aryl methyl sites for hydroxylation is 4. The molecule has 3 heterocycles. The van der Waals surface area contributed by atoms with Gasteiger partial charge in [-0.2, -0.15) is 0 Å². The van der Waals surface area contributed by atoms with E-state index in [9.17, 15) is 0 Å². The van der Waals surface area contributed by atoms with E-state index < -0.39 is 0 Å². The van der Waals surface area contributed by atoms with E-state index in [1.54, 1.807) is 14.2 Å². The van der Waals surface area contributed by atoms with Crippen LogP contribution in [0.4, 0.5) is 34.6 Å². The fourth-order valence-corrected chi connectivity index (χ4v) is 5.87. The molecule has 0 bridgehead atoms. The molecule has 244 valence electrons. The summed E-state index contributed by atoms with van der Waals surface area (Å²) in [6.07, 6.45) is 10.2. The molecule has 2 aromatic carbocycles. The van der Waals surface area contributed by atoms with E-state index in [1.165, 1.54) is 0 Å². The summed E-state index contributed by atoms with van der Waals surface area (Å²) in [5.41, 5.74) is 3.72. The predicted octanol–water partition coefficient (Wildman–Crippen LogP) is 6.90. The molecule has 5 rings (SSSR count). The van der Waals surface area contributed by atoms with Gasteiger partial charge in [0.25, 0.3) is 0 Å². The molecule has 1 saturated heterocycles. The van der Waals surface area contributed by atoms with Gasteiger partial charge in [-0.15, -0.1) is 0 Å². The molecule has 46 heavy (non-hydrogen) atoms. The average Bonchev–Trinajstić information content (AvgIpc) is 3.68. The van der Waals surface area contributed by atoms with Gasteiger partial charge >= 0.3 is 11.9 Å². The highest BCUT2D eigenvalue weighted by Crippen LogP contribution is 2.35. The molecule has 0 saturated carbocycles. The highest BCUT2D eigenvalue weighted by molar-refractivity contribution is 5.63. The second-order valence-corrected chi connectivity index (χ2v) is 11.1. The maximum absolute atomic E-state index is 5.75. The summed E-state index contributed by atoms with van der Waals surface area (Å²) in [6, 6.07) is 12.4. The second-order valence-electron chi connectivity index (χ2n) is 11.1. The summed E-state index contributed by atoms with van der Waals surface area (Å²) in [4.78, 5) is 4.87. The van der Waals surface area contributed by atoms with Gasteiger partial charge in [0, 0.05) is 59.9 Å². The zero-order valence-electron chi connectivity index (χ0n) is 28.1. The Kier molecular flexibility index (Phi) is 11.0. The van der Waals surface area contributed by atoms with Crippen LogP contribution in [0, 0.1) is 0 Å². The summed E-state index contributed by atoms with van der Waals surface area (Å²) in [6.45, 7) is 15.5. The molecule has 0 unspecified atom stereocenters. The molecule has 12 heteroatoms. The minimum absolute atomic E-state index is 0.719. The summed E-state index contributed by atoms with van der Waals surface area (Å²) in [5.74, 6) is 3.10. The van der Waals surface area contributed by atoms with Crippen molar-refractivity contribution >= 4 is 34.6 Å². The van der Waals surface area contributed by atoms with E-state index in [1.807, 2.05) is 36.9 Å². The zero-order chi connectivity index (χ0) is 32.5. The normalized spacial score (nSPS) is 14.3. The van der Waals surface area contributed by atoms with Crippen molar-refractivity contribution in [2.45, 2.75) is 66.7 Å². The Balaban J connectivity index is 1.24. The van der Waals surface area contributed by atoms with Crippen molar-refractivity contribution in [1.82, 2.24) is 9.13 Å². The molecule has 0 radical (unpaired) electrons. The first-order valence-electron chi connectivity index (χ1n) is 16.4. The van der Waals surface area contributed by atoms with Crippen LogP contribution in [0.15, 0.2) is 81.6 Å². The first kappa shape index (κ1) is 32.6. The van der Waals surface area contributed by atoms with Crippen molar-refractivity contribution in [2.75, 3.05) is 50.2 Å². The van der Waals surface area contributed by atoms with E-state index in [0.29, 0.717) is 0 Å². The second kappa shape index (κ2) is 15.5. The molecule has 1 fully saturated rings. The van der Waals surface area contributed by atoms with Crippen LogP contribution in [0.3, 0.4) is 0 Å². The van der Waals surface area contributed by atoms with Crippen LogP contribution in [0.2, 0.25) is 0 Å². The molecular weight excluding hydrogens is 580 g/mol. The van der Waals surface area contributed by atoms with Gasteiger partial charge in [-0.25, -0.2) is 18.3 Å². The molecule has 1 aliphatic heterocycles. The maximum Gasteiger partial charge on any atom is 0.421 e. The third-order valence-corrected chi connectivity index (χ3v) is 8.51. The van der Waals surface area contributed by atoms with Crippen molar-refractivity contribution in [3.05, 3.63) is 61.2 Å². The number of ether oxygens (including phenoxy) is 2. The van der Waals surface area contributed by atoms with Crippen LogP contribution in [0.5, 0.6) is 11.5 Å². The minimum atomic E-state index is 0.719. The Morgan fingerprint density at radius 2 is 1.02 bits per heavy atom. The van der Waals surface area contributed by atoms with Crippen molar-refractivity contribution in [1.29, 1.82) is 0 Å². The first-order valence-corrected chi connectivity index (χ1v) is 16.4. The van der Waals surface area contributed by atoms with Crippen molar-refractivity contribution in [3.63, 3.8) is 0 Å². The molecule has 1 aliphatic rings. The van der Waals surface area contributed by atoms with E-state index >= 15 is 0 Å². The average molecular weight is 629 g/mol. The molecule has 0 atom stereocenters. The molecule has 0 spiro atoms. The number of nitrogens with zero attached hydrogens (tertiary/aromatic N) is 10. The fraction of sp³-hybridized carbons (Fsp3) is 0.471. The van der Waals surface area contributed by atoms with E-state index in [-0.39, 0.29) is 0 Å². The number of methoxy groups -OCH3 is 2. The van der Waals surface area contributed by atoms with E-state index in [2.05, 4.69) is 100 Å². The summed E-state index contributed by atoms with van der Waals surface area (Å²) >= 11 is 0. The molecule has 0 amide bonds. The lowest BCUT2D eigenvalue weighted by molar-refractivity contribution is -0.680. The molecule has 0 N–H and O–H groups in total. The third-order valence-electron chi connectivity index (χ3n) is 8.51. The van der Waals surface area contributed by atoms with Crippen LogP contribution in [0.1, 0.15) is 40.5 Å².